The number of hydrogen-bond acceptors (Lipinski definition) is 3. The summed E-state index contributed by atoms with van der Waals surface area (Å²) in [5.41, 5.74) is 0. The zero-order valence-corrected chi connectivity index (χ0v) is 13.8. The molecule has 5 heteroatoms. The van der Waals surface area contributed by atoms with Gasteiger partial charge in [0, 0.05) is 6.54 Å². The van der Waals surface area contributed by atoms with E-state index in [-0.39, 0.29) is 29.8 Å². The number of carbonyl (C=O) groups excluding carboxylic acids is 2. The van der Waals surface area contributed by atoms with Crippen LogP contribution in [0.25, 0.3) is 0 Å². The summed E-state index contributed by atoms with van der Waals surface area (Å²) < 4.78 is 0. The summed E-state index contributed by atoms with van der Waals surface area (Å²) in [7, 11) is 0. The lowest BCUT2D eigenvalue weighted by Gasteiger charge is -2.43. The second kappa shape index (κ2) is 6.19. The Morgan fingerprint density at radius 2 is 1.86 bits per heavy atom. The monoisotopic (exact) mass is 310 g/mol. The van der Waals surface area contributed by atoms with Gasteiger partial charge in [0.2, 0.25) is 11.8 Å². The van der Waals surface area contributed by atoms with Gasteiger partial charge in [-0.3, -0.25) is 9.59 Å². The first-order valence-corrected chi connectivity index (χ1v) is 9.42. The van der Waals surface area contributed by atoms with Crippen molar-refractivity contribution < 1.29 is 9.59 Å². The number of nitrogens with one attached hydrogen (secondary N) is 1. The van der Waals surface area contributed by atoms with Crippen LogP contribution in [0, 0.1) is 17.8 Å². The molecule has 0 aromatic rings. The van der Waals surface area contributed by atoms with E-state index in [0.717, 1.165) is 19.4 Å². The maximum absolute atomic E-state index is 12.8. The van der Waals surface area contributed by atoms with Crippen molar-refractivity contribution in [3.05, 3.63) is 0 Å². The van der Waals surface area contributed by atoms with Gasteiger partial charge in [0.05, 0.1) is 0 Å². The minimum atomic E-state index is -0.276. The average Bonchev–Trinajstić information content (AvgIpc) is 3.27. The fourth-order valence-corrected chi connectivity index (χ4v) is 4.78. The first-order chi connectivity index (χ1) is 10.1. The Labute approximate surface area is 131 Å². The molecule has 2 saturated heterocycles. The molecular formula is C16H26N2O2S. The fraction of sp³-hybridized carbons (Fsp3) is 0.875. The van der Waals surface area contributed by atoms with Crippen LogP contribution in [-0.2, 0) is 9.59 Å². The first kappa shape index (κ1) is 15.2. The standard InChI is InChI=1S/C16H26N2O2S/c1-10(2)14-15(19)17-13(12-3-4-12)16(20)18(14)9-11-5-7-21-8-6-11/h10-14H,3-9H2,1-2H3,(H,17,19). The predicted molar refractivity (Wildman–Crippen MR) is 85.0 cm³/mol. The third-order valence-corrected chi connectivity index (χ3v) is 6.02. The zero-order valence-electron chi connectivity index (χ0n) is 13.0. The molecule has 21 heavy (non-hydrogen) atoms. The van der Waals surface area contributed by atoms with Gasteiger partial charge in [0.25, 0.3) is 0 Å². The minimum Gasteiger partial charge on any atom is -0.342 e. The van der Waals surface area contributed by atoms with Crippen molar-refractivity contribution in [1.82, 2.24) is 10.2 Å². The van der Waals surface area contributed by atoms with Gasteiger partial charge in [-0.15, -0.1) is 0 Å². The van der Waals surface area contributed by atoms with Gasteiger partial charge in [-0.25, -0.2) is 0 Å². The summed E-state index contributed by atoms with van der Waals surface area (Å²) in [5.74, 6) is 3.75. The molecule has 3 rings (SSSR count). The highest BCUT2D eigenvalue weighted by molar-refractivity contribution is 7.99. The number of rotatable bonds is 4. The van der Waals surface area contributed by atoms with E-state index in [4.69, 9.17) is 0 Å². The lowest BCUT2D eigenvalue weighted by molar-refractivity contribution is -0.152. The Hall–Kier alpha value is -0.710. The van der Waals surface area contributed by atoms with E-state index in [1.807, 2.05) is 30.5 Å². The molecule has 118 valence electrons. The molecule has 2 heterocycles. The SMILES string of the molecule is CC(C)C1C(=O)NC(C2CC2)C(=O)N1CC1CCSCC1. The van der Waals surface area contributed by atoms with Crippen molar-refractivity contribution in [3.8, 4) is 0 Å². The molecular weight excluding hydrogens is 284 g/mol. The van der Waals surface area contributed by atoms with Crippen LogP contribution < -0.4 is 5.32 Å². The molecule has 2 unspecified atom stereocenters. The van der Waals surface area contributed by atoms with Gasteiger partial charge in [-0.05, 0) is 54.9 Å². The number of amides is 2. The molecule has 2 atom stereocenters. The van der Waals surface area contributed by atoms with Gasteiger partial charge in [0.1, 0.15) is 12.1 Å². The Morgan fingerprint density at radius 1 is 1.19 bits per heavy atom. The zero-order chi connectivity index (χ0) is 15.0. The lowest BCUT2D eigenvalue weighted by Crippen LogP contribution is -2.66. The highest BCUT2D eigenvalue weighted by Gasteiger charge is 2.47. The average molecular weight is 310 g/mol. The Bertz CT molecular complexity index is 417. The normalized spacial score (nSPS) is 31.7. The van der Waals surface area contributed by atoms with Crippen LogP contribution in [0.15, 0.2) is 0 Å². The fourth-order valence-electron chi connectivity index (χ4n) is 3.58. The summed E-state index contributed by atoms with van der Waals surface area (Å²) in [4.78, 5) is 27.2. The molecule has 0 aromatic heterocycles. The molecule has 0 bridgehead atoms. The topological polar surface area (TPSA) is 49.4 Å². The van der Waals surface area contributed by atoms with Crippen LogP contribution in [0.3, 0.4) is 0 Å². The summed E-state index contributed by atoms with van der Waals surface area (Å²) in [6, 6.07) is -0.521. The third-order valence-electron chi connectivity index (χ3n) is 4.97. The third kappa shape index (κ3) is 3.22. The van der Waals surface area contributed by atoms with E-state index in [2.05, 4.69) is 5.32 Å². The molecule has 1 saturated carbocycles. The van der Waals surface area contributed by atoms with E-state index < -0.39 is 0 Å². The number of carbonyl (C=O) groups is 2. The lowest BCUT2D eigenvalue weighted by atomic mass is 9.92. The van der Waals surface area contributed by atoms with E-state index in [1.54, 1.807) is 0 Å². The van der Waals surface area contributed by atoms with Crippen molar-refractivity contribution in [2.75, 3.05) is 18.1 Å². The number of nitrogens with zero attached hydrogens (tertiary/aromatic N) is 1. The molecule has 2 amide bonds. The van der Waals surface area contributed by atoms with E-state index in [1.165, 1.54) is 24.3 Å². The van der Waals surface area contributed by atoms with Crippen LogP contribution in [0.5, 0.6) is 0 Å². The second-order valence-electron chi connectivity index (χ2n) is 7.06. The van der Waals surface area contributed by atoms with Crippen LogP contribution in [-0.4, -0.2) is 46.8 Å². The smallest absolute Gasteiger partial charge is 0.246 e. The van der Waals surface area contributed by atoms with Crippen molar-refractivity contribution in [3.63, 3.8) is 0 Å². The van der Waals surface area contributed by atoms with E-state index in [0.29, 0.717) is 11.8 Å². The summed E-state index contributed by atoms with van der Waals surface area (Å²) in [6.45, 7) is 4.86. The van der Waals surface area contributed by atoms with Gasteiger partial charge in [0.15, 0.2) is 0 Å². The molecule has 3 aliphatic rings. The van der Waals surface area contributed by atoms with Crippen molar-refractivity contribution in [2.45, 2.75) is 51.6 Å². The van der Waals surface area contributed by atoms with Crippen LogP contribution in [0.1, 0.15) is 39.5 Å². The van der Waals surface area contributed by atoms with Gasteiger partial charge in [-0.2, -0.15) is 11.8 Å². The Balaban J connectivity index is 1.75. The van der Waals surface area contributed by atoms with Crippen molar-refractivity contribution in [2.24, 2.45) is 17.8 Å². The Morgan fingerprint density at radius 3 is 2.43 bits per heavy atom. The molecule has 0 aromatic carbocycles. The maximum atomic E-state index is 12.8. The first-order valence-electron chi connectivity index (χ1n) is 8.26. The maximum Gasteiger partial charge on any atom is 0.246 e. The Kier molecular flexibility index (Phi) is 4.48. The van der Waals surface area contributed by atoms with Crippen LogP contribution in [0.4, 0.5) is 0 Å². The molecule has 1 N–H and O–H groups in total. The predicted octanol–water partition coefficient (Wildman–Crippen LogP) is 1.89. The molecule has 1 aliphatic carbocycles. The molecule has 0 radical (unpaired) electrons. The van der Waals surface area contributed by atoms with Gasteiger partial charge in [-0.1, -0.05) is 13.8 Å². The summed E-state index contributed by atoms with van der Waals surface area (Å²) in [6.07, 6.45) is 4.51. The van der Waals surface area contributed by atoms with Crippen LogP contribution >= 0.6 is 11.8 Å². The summed E-state index contributed by atoms with van der Waals surface area (Å²) >= 11 is 2.00. The molecule has 0 spiro atoms. The summed E-state index contributed by atoms with van der Waals surface area (Å²) in [5, 5.41) is 2.99. The van der Waals surface area contributed by atoms with Crippen molar-refractivity contribution >= 4 is 23.6 Å². The molecule has 4 nitrogen and oxygen atoms in total. The van der Waals surface area contributed by atoms with Gasteiger partial charge >= 0.3 is 0 Å². The highest BCUT2D eigenvalue weighted by atomic mass is 32.2. The van der Waals surface area contributed by atoms with Crippen LogP contribution in [0.2, 0.25) is 0 Å². The number of piperazine rings is 1. The largest absolute Gasteiger partial charge is 0.342 e. The van der Waals surface area contributed by atoms with Gasteiger partial charge < -0.3 is 10.2 Å². The second-order valence-corrected chi connectivity index (χ2v) is 8.28. The van der Waals surface area contributed by atoms with E-state index >= 15 is 0 Å². The molecule has 2 aliphatic heterocycles. The number of hydrogen-bond donors (Lipinski definition) is 1. The molecule has 3 fully saturated rings. The van der Waals surface area contributed by atoms with E-state index in [9.17, 15) is 9.59 Å². The van der Waals surface area contributed by atoms with Crippen molar-refractivity contribution in [1.29, 1.82) is 0 Å². The minimum absolute atomic E-state index is 0.0617. The quantitative estimate of drug-likeness (QED) is 0.863. The highest BCUT2D eigenvalue weighted by Crippen LogP contribution is 2.36. The number of thioether (sulfide) groups is 1.